The molecule has 0 aromatic carbocycles. The van der Waals surface area contributed by atoms with Crippen LogP contribution in [0.1, 0.15) is 19.4 Å². The number of aromatic nitrogens is 2. The Balaban J connectivity index is 2.64. The largest absolute Gasteiger partial charge is 0.312 e. The lowest BCUT2D eigenvalue weighted by Crippen LogP contribution is -2.22. The molecule has 82 valence electrons. The number of hydrogen-bond donors (Lipinski definition) is 1. The monoisotopic (exact) mass is 206 g/mol. The number of nitrogens with zero attached hydrogens (tertiary/aromatic N) is 3. The second kappa shape index (κ2) is 5.46. The van der Waals surface area contributed by atoms with E-state index in [0.717, 1.165) is 11.1 Å². The topological polar surface area (TPSA) is 42.2 Å². The van der Waals surface area contributed by atoms with Crippen LogP contribution in [0.2, 0.25) is 0 Å². The maximum atomic E-state index is 4.24. The summed E-state index contributed by atoms with van der Waals surface area (Å²) >= 11 is 0. The summed E-state index contributed by atoms with van der Waals surface area (Å²) in [5.74, 6) is 0. The molecule has 4 heteroatoms. The molecule has 15 heavy (non-hydrogen) atoms. The Morgan fingerprint density at radius 3 is 2.93 bits per heavy atom. The van der Waals surface area contributed by atoms with Crippen molar-refractivity contribution >= 4 is 11.8 Å². The molecule has 1 unspecified atom stereocenters. The van der Waals surface area contributed by atoms with Gasteiger partial charge in [0, 0.05) is 37.3 Å². The molecular weight excluding hydrogens is 188 g/mol. The molecule has 1 atom stereocenters. The molecule has 4 nitrogen and oxygen atoms in total. The van der Waals surface area contributed by atoms with Crippen LogP contribution in [-0.4, -0.2) is 29.1 Å². The van der Waals surface area contributed by atoms with Gasteiger partial charge in [-0.1, -0.05) is 0 Å². The predicted molar refractivity (Wildman–Crippen MR) is 63.9 cm³/mol. The van der Waals surface area contributed by atoms with Gasteiger partial charge >= 0.3 is 0 Å². The molecule has 0 fully saturated rings. The van der Waals surface area contributed by atoms with Crippen molar-refractivity contribution in [3.63, 3.8) is 0 Å². The molecule has 1 rings (SSSR count). The number of rotatable bonds is 4. The fourth-order valence-electron chi connectivity index (χ4n) is 1.06. The summed E-state index contributed by atoms with van der Waals surface area (Å²) in [5, 5.41) is 7.20. The van der Waals surface area contributed by atoms with Crippen LogP contribution in [-0.2, 0) is 7.05 Å². The van der Waals surface area contributed by atoms with Crippen LogP contribution in [0.25, 0.3) is 5.57 Å². The third kappa shape index (κ3) is 3.67. The van der Waals surface area contributed by atoms with Crippen molar-refractivity contribution in [3.05, 3.63) is 24.2 Å². The molecule has 0 spiro atoms. The third-order valence-corrected chi connectivity index (χ3v) is 2.19. The van der Waals surface area contributed by atoms with Gasteiger partial charge in [-0.3, -0.25) is 9.67 Å². The van der Waals surface area contributed by atoms with E-state index in [1.807, 2.05) is 45.8 Å². The van der Waals surface area contributed by atoms with E-state index in [2.05, 4.69) is 22.3 Å². The van der Waals surface area contributed by atoms with Gasteiger partial charge in [0.15, 0.2) is 0 Å². The van der Waals surface area contributed by atoms with Crippen molar-refractivity contribution in [1.29, 1.82) is 0 Å². The smallest absolute Gasteiger partial charge is 0.0565 e. The van der Waals surface area contributed by atoms with Crippen LogP contribution in [0.15, 0.2) is 23.6 Å². The zero-order chi connectivity index (χ0) is 11.3. The quantitative estimate of drug-likeness (QED) is 0.758. The van der Waals surface area contributed by atoms with Crippen molar-refractivity contribution < 1.29 is 0 Å². The molecule has 0 saturated carbocycles. The molecule has 0 radical (unpaired) electrons. The van der Waals surface area contributed by atoms with Crippen molar-refractivity contribution in [1.82, 2.24) is 15.1 Å². The van der Waals surface area contributed by atoms with Gasteiger partial charge in [-0.25, -0.2) is 0 Å². The van der Waals surface area contributed by atoms with Gasteiger partial charge < -0.3 is 5.32 Å². The van der Waals surface area contributed by atoms with E-state index in [4.69, 9.17) is 0 Å². The van der Waals surface area contributed by atoms with Crippen LogP contribution < -0.4 is 5.32 Å². The van der Waals surface area contributed by atoms with Gasteiger partial charge in [0.05, 0.1) is 6.20 Å². The Morgan fingerprint density at radius 2 is 2.40 bits per heavy atom. The molecular formula is C11H18N4. The number of hydrogen-bond acceptors (Lipinski definition) is 3. The van der Waals surface area contributed by atoms with Crippen LogP contribution in [0.3, 0.4) is 0 Å². The van der Waals surface area contributed by atoms with Gasteiger partial charge in [0.1, 0.15) is 0 Å². The predicted octanol–water partition coefficient (Wildman–Crippen LogP) is 1.46. The van der Waals surface area contributed by atoms with Gasteiger partial charge in [-0.15, -0.1) is 0 Å². The van der Waals surface area contributed by atoms with Crippen molar-refractivity contribution in [3.8, 4) is 0 Å². The summed E-state index contributed by atoms with van der Waals surface area (Å²) in [4.78, 5) is 4.24. The van der Waals surface area contributed by atoms with Crippen molar-refractivity contribution in [2.75, 3.05) is 7.05 Å². The summed E-state index contributed by atoms with van der Waals surface area (Å²) in [6, 6.07) is 0.294. The van der Waals surface area contributed by atoms with E-state index >= 15 is 0 Å². The van der Waals surface area contributed by atoms with E-state index in [0.29, 0.717) is 6.04 Å². The molecule has 0 bridgehead atoms. The second-order valence-corrected chi connectivity index (χ2v) is 3.59. The summed E-state index contributed by atoms with van der Waals surface area (Å²) in [6.07, 6.45) is 7.54. The molecule has 0 aliphatic heterocycles. The molecule has 1 aromatic rings. The van der Waals surface area contributed by atoms with E-state index in [9.17, 15) is 0 Å². The Morgan fingerprint density at radius 1 is 1.67 bits per heavy atom. The maximum absolute atomic E-state index is 4.24. The zero-order valence-corrected chi connectivity index (χ0v) is 9.73. The average Bonchev–Trinajstić information content (AvgIpc) is 2.64. The highest BCUT2D eigenvalue weighted by molar-refractivity contribution is 5.68. The lowest BCUT2D eigenvalue weighted by atomic mass is 10.2. The first kappa shape index (κ1) is 11.7. The van der Waals surface area contributed by atoms with Gasteiger partial charge in [-0.05, 0) is 26.5 Å². The Kier molecular flexibility index (Phi) is 4.24. The minimum atomic E-state index is 0.294. The lowest BCUT2D eigenvalue weighted by molar-refractivity contribution is 0.767. The minimum absolute atomic E-state index is 0.294. The molecule has 1 heterocycles. The molecule has 0 saturated heterocycles. The fourth-order valence-corrected chi connectivity index (χ4v) is 1.06. The van der Waals surface area contributed by atoms with Crippen LogP contribution >= 0.6 is 0 Å². The molecule has 1 aromatic heterocycles. The van der Waals surface area contributed by atoms with Crippen LogP contribution in [0.5, 0.6) is 0 Å². The lowest BCUT2D eigenvalue weighted by Gasteiger charge is -1.99. The number of aliphatic imine (C=N–C) groups is 1. The fraction of sp³-hybridized carbons (Fsp3) is 0.455. The third-order valence-electron chi connectivity index (χ3n) is 2.19. The number of aryl methyl sites for hydroxylation is 1. The van der Waals surface area contributed by atoms with E-state index in [1.165, 1.54) is 0 Å². The second-order valence-electron chi connectivity index (χ2n) is 3.59. The van der Waals surface area contributed by atoms with Gasteiger partial charge in [0.2, 0.25) is 0 Å². The number of allylic oxidation sites excluding steroid dienone is 1. The first-order valence-corrected chi connectivity index (χ1v) is 5.00. The van der Waals surface area contributed by atoms with Gasteiger partial charge in [-0.2, -0.15) is 5.10 Å². The summed E-state index contributed by atoms with van der Waals surface area (Å²) in [6.45, 7) is 4.08. The van der Waals surface area contributed by atoms with E-state index in [-0.39, 0.29) is 0 Å². The van der Waals surface area contributed by atoms with E-state index in [1.54, 1.807) is 4.68 Å². The number of nitrogens with one attached hydrogen (secondary N) is 1. The highest BCUT2D eigenvalue weighted by atomic mass is 15.2. The Bertz CT molecular complexity index is 362. The SMILES string of the molecule is CNC(C)/C=N\C=C(/C)c1cnn(C)c1. The highest BCUT2D eigenvalue weighted by Crippen LogP contribution is 2.11. The first-order chi connectivity index (χ1) is 7.13. The van der Waals surface area contributed by atoms with Crippen molar-refractivity contribution in [2.45, 2.75) is 19.9 Å². The average molecular weight is 206 g/mol. The Hall–Kier alpha value is -1.42. The Labute approximate surface area is 90.7 Å². The zero-order valence-electron chi connectivity index (χ0n) is 9.73. The molecule has 1 N–H and O–H groups in total. The minimum Gasteiger partial charge on any atom is -0.312 e. The normalized spacial score (nSPS) is 14.8. The first-order valence-electron chi connectivity index (χ1n) is 5.00. The summed E-state index contributed by atoms with van der Waals surface area (Å²) in [7, 11) is 3.82. The molecule has 0 aliphatic rings. The summed E-state index contributed by atoms with van der Waals surface area (Å²) in [5.41, 5.74) is 2.22. The summed E-state index contributed by atoms with van der Waals surface area (Å²) < 4.78 is 1.78. The standard InChI is InChI=1S/C11H18N4/c1-9(5-13-6-10(2)12-3)11-7-14-15(4)8-11/h5-8,10,12H,1-4H3/b9-5+,13-6-. The molecule has 0 aliphatic carbocycles. The van der Waals surface area contributed by atoms with Gasteiger partial charge in [0.25, 0.3) is 0 Å². The molecule has 0 amide bonds. The van der Waals surface area contributed by atoms with E-state index < -0.39 is 0 Å². The van der Waals surface area contributed by atoms with Crippen LogP contribution in [0.4, 0.5) is 0 Å². The van der Waals surface area contributed by atoms with Crippen molar-refractivity contribution in [2.24, 2.45) is 12.0 Å². The maximum Gasteiger partial charge on any atom is 0.0565 e. The van der Waals surface area contributed by atoms with Crippen LogP contribution in [0, 0.1) is 0 Å². The highest BCUT2D eigenvalue weighted by Gasteiger charge is 1.97.